The number of likely N-dealkylation sites (N-methyl/N-ethyl adjacent to an activating group) is 1. The first kappa shape index (κ1) is 13.8. The van der Waals surface area contributed by atoms with Gasteiger partial charge in [0.05, 0.1) is 18.3 Å². The van der Waals surface area contributed by atoms with Crippen LogP contribution in [0.2, 0.25) is 0 Å². The number of aromatic nitrogens is 3. The first-order valence-corrected chi connectivity index (χ1v) is 7.61. The predicted molar refractivity (Wildman–Crippen MR) is 89.2 cm³/mol. The van der Waals surface area contributed by atoms with E-state index in [9.17, 15) is 4.79 Å². The minimum absolute atomic E-state index is 0.119. The molecule has 0 unspecified atom stereocenters. The fourth-order valence-electron chi connectivity index (χ4n) is 2.85. The minimum atomic E-state index is 0.119. The highest BCUT2D eigenvalue weighted by Gasteiger charge is 2.22. The Morgan fingerprint density at radius 2 is 2.00 bits per heavy atom. The lowest BCUT2D eigenvalue weighted by atomic mass is 10.1. The number of H-pyrrole nitrogens is 1. The van der Waals surface area contributed by atoms with Crippen LogP contribution in [0.3, 0.4) is 0 Å². The van der Waals surface area contributed by atoms with Crippen LogP contribution in [0.25, 0.3) is 22.2 Å². The van der Waals surface area contributed by atoms with Gasteiger partial charge in [0.2, 0.25) is 5.91 Å². The zero-order valence-electron chi connectivity index (χ0n) is 12.9. The van der Waals surface area contributed by atoms with Crippen LogP contribution in [-0.2, 0) is 4.79 Å². The van der Waals surface area contributed by atoms with Crippen molar-refractivity contribution in [2.45, 2.75) is 0 Å². The average molecular weight is 307 g/mol. The van der Waals surface area contributed by atoms with E-state index >= 15 is 0 Å². The summed E-state index contributed by atoms with van der Waals surface area (Å²) < 4.78 is 0. The van der Waals surface area contributed by atoms with Gasteiger partial charge >= 0.3 is 0 Å². The van der Waals surface area contributed by atoms with Gasteiger partial charge in [0.25, 0.3) is 0 Å². The number of carbonyl (C=O) groups is 1. The second kappa shape index (κ2) is 5.39. The van der Waals surface area contributed by atoms with Crippen LogP contribution in [-0.4, -0.2) is 52.7 Å². The maximum Gasteiger partial charge on any atom is 0.241 e. The number of fused-ring (bicyclic) bond motifs is 1. The number of nitrogens with zero attached hydrogens (tertiary/aromatic N) is 4. The summed E-state index contributed by atoms with van der Waals surface area (Å²) in [4.78, 5) is 20.2. The molecule has 116 valence electrons. The summed E-state index contributed by atoms with van der Waals surface area (Å²) in [6.07, 6.45) is 1.78. The summed E-state index contributed by atoms with van der Waals surface area (Å²) in [5.41, 5.74) is 2.86. The van der Waals surface area contributed by atoms with Gasteiger partial charge in [-0.25, -0.2) is 4.98 Å². The molecule has 6 heteroatoms. The molecule has 1 aliphatic heterocycles. The molecular formula is C17H17N5O. The van der Waals surface area contributed by atoms with Crippen LogP contribution >= 0.6 is 0 Å². The molecule has 1 amide bonds. The van der Waals surface area contributed by atoms with E-state index in [0.29, 0.717) is 6.54 Å². The Morgan fingerprint density at radius 3 is 2.78 bits per heavy atom. The largest absolute Gasteiger partial charge is 0.346 e. The number of benzene rings is 1. The summed E-state index contributed by atoms with van der Waals surface area (Å²) >= 11 is 0. The molecule has 1 fully saturated rings. The highest BCUT2D eigenvalue weighted by molar-refractivity contribution is 5.94. The topological polar surface area (TPSA) is 65.1 Å². The smallest absolute Gasteiger partial charge is 0.241 e. The Bertz CT molecular complexity index is 858. The van der Waals surface area contributed by atoms with E-state index in [0.717, 1.165) is 41.1 Å². The van der Waals surface area contributed by atoms with Crippen molar-refractivity contribution in [3.05, 3.63) is 42.6 Å². The van der Waals surface area contributed by atoms with Gasteiger partial charge in [0.1, 0.15) is 11.5 Å². The van der Waals surface area contributed by atoms with E-state index in [2.05, 4.69) is 15.2 Å². The van der Waals surface area contributed by atoms with Gasteiger partial charge in [-0.2, -0.15) is 5.10 Å². The molecular weight excluding hydrogens is 290 g/mol. The standard InChI is InChI=1S/C17H17N5O/c1-21-7-8-22(11-16(21)23)15-9-13-14(10-18-15)19-20-17(13)12-5-3-2-4-6-12/h2-6,9-10H,7-8,11H2,1H3,(H,19,20). The molecule has 0 radical (unpaired) electrons. The quantitative estimate of drug-likeness (QED) is 0.785. The molecule has 0 atom stereocenters. The number of hydrogen-bond acceptors (Lipinski definition) is 4. The van der Waals surface area contributed by atoms with Crippen molar-refractivity contribution in [2.24, 2.45) is 0 Å². The normalized spacial score (nSPS) is 15.4. The Kier molecular flexibility index (Phi) is 3.22. The van der Waals surface area contributed by atoms with E-state index in [4.69, 9.17) is 0 Å². The van der Waals surface area contributed by atoms with Crippen LogP contribution < -0.4 is 4.90 Å². The highest BCUT2D eigenvalue weighted by atomic mass is 16.2. The van der Waals surface area contributed by atoms with Crippen LogP contribution in [0.15, 0.2) is 42.6 Å². The van der Waals surface area contributed by atoms with Gasteiger partial charge in [-0.3, -0.25) is 9.89 Å². The molecule has 0 spiro atoms. The predicted octanol–water partition coefficient (Wildman–Crippen LogP) is 1.90. The van der Waals surface area contributed by atoms with Crippen LogP contribution in [0.4, 0.5) is 5.82 Å². The number of nitrogens with one attached hydrogen (secondary N) is 1. The van der Waals surface area contributed by atoms with Crippen molar-refractivity contribution in [3.8, 4) is 11.3 Å². The third-order valence-electron chi connectivity index (χ3n) is 4.26. The number of aromatic amines is 1. The number of carbonyl (C=O) groups excluding carboxylic acids is 1. The van der Waals surface area contributed by atoms with E-state index < -0.39 is 0 Å². The van der Waals surface area contributed by atoms with Crippen molar-refractivity contribution in [2.75, 3.05) is 31.6 Å². The van der Waals surface area contributed by atoms with Crippen LogP contribution in [0.5, 0.6) is 0 Å². The fourth-order valence-corrected chi connectivity index (χ4v) is 2.85. The van der Waals surface area contributed by atoms with Gasteiger partial charge < -0.3 is 9.80 Å². The monoisotopic (exact) mass is 307 g/mol. The number of amides is 1. The molecule has 3 heterocycles. The molecule has 4 rings (SSSR count). The molecule has 2 aromatic heterocycles. The molecule has 3 aromatic rings. The number of hydrogen-bond donors (Lipinski definition) is 1. The Morgan fingerprint density at radius 1 is 1.17 bits per heavy atom. The number of anilines is 1. The summed E-state index contributed by atoms with van der Waals surface area (Å²) in [6.45, 7) is 1.88. The van der Waals surface area contributed by atoms with Gasteiger partial charge in [0, 0.05) is 31.1 Å². The highest BCUT2D eigenvalue weighted by Crippen LogP contribution is 2.28. The summed E-state index contributed by atoms with van der Waals surface area (Å²) in [5.74, 6) is 0.936. The molecule has 1 aromatic carbocycles. The lowest BCUT2D eigenvalue weighted by Crippen LogP contribution is -2.48. The molecule has 6 nitrogen and oxygen atoms in total. The van der Waals surface area contributed by atoms with E-state index in [1.807, 2.05) is 48.3 Å². The van der Waals surface area contributed by atoms with Gasteiger partial charge in [-0.05, 0) is 6.07 Å². The van der Waals surface area contributed by atoms with Crippen LogP contribution in [0, 0.1) is 0 Å². The SMILES string of the molecule is CN1CCN(c2cc3c(-c4ccccc4)n[nH]c3cn2)CC1=O. The first-order valence-electron chi connectivity index (χ1n) is 7.61. The van der Waals surface area contributed by atoms with E-state index in [-0.39, 0.29) is 5.91 Å². The summed E-state index contributed by atoms with van der Waals surface area (Å²) in [5, 5.41) is 8.47. The zero-order valence-corrected chi connectivity index (χ0v) is 12.9. The maximum absolute atomic E-state index is 11.9. The average Bonchev–Trinajstić information content (AvgIpc) is 3.01. The second-order valence-corrected chi connectivity index (χ2v) is 5.76. The second-order valence-electron chi connectivity index (χ2n) is 5.76. The third-order valence-corrected chi connectivity index (χ3v) is 4.26. The van der Waals surface area contributed by atoms with Crippen molar-refractivity contribution >= 4 is 22.6 Å². The van der Waals surface area contributed by atoms with E-state index in [1.54, 1.807) is 11.1 Å². The van der Waals surface area contributed by atoms with Crippen molar-refractivity contribution < 1.29 is 4.79 Å². The fraction of sp³-hybridized carbons (Fsp3) is 0.235. The van der Waals surface area contributed by atoms with Gasteiger partial charge in [0.15, 0.2) is 0 Å². The maximum atomic E-state index is 11.9. The van der Waals surface area contributed by atoms with Gasteiger partial charge in [-0.1, -0.05) is 30.3 Å². The van der Waals surface area contributed by atoms with Gasteiger partial charge in [-0.15, -0.1) is 0 Å². The molecule has 0 aliphatic carbocycles. The van der Waals surface area contributed by atoms with Crippen LogP contribution in [0.1, 0.15) is 0 Å². The zero-order chi connectivity index (χ0) is 15.8. The molecule has 23 heavy (non-hydrogen) atoms. The number of rotatable bonds is 2. The number of piperazine rings is 1. The van der Waals surface area contributed by atoms with Crippen molar-refractivity contribution in [3.63, 3.8) is 0 Å². The molecule has 1 N–H and O–H groups in total. The first-order chi connectivity index (χ1) is 11.2. The Balaban J connectivity index is 1.74. The molecule has 0 bridgehead atoms. The lowest BCUT2D eigenvalue weighted by molar-refractivity contribution is -0.129. The molecule has 1 aliphatic rings. The lowest BCUT2D eigenvalue weighted by Gasteiger charge is -2.32. The minimum Gasteiger partial charge on any atom is -0.346 e. The Hall–Kier alpha value is -2.89. The number of pyridine rings is 1. The molecule has 1 saturated heterocycles. The van der Waals surface area contributed by atoms with Crippen molar-refractivity contribution in [1.82, 2.24) is 20.1 Å². The summed E-state index contributed by atoms with van der Waals surface area (Å²) in [7, 11) is 1.83. The van der Waals surface area contributed by atoms with E-state index in [1.165, 1.54) is 0 Å². The summed E-state index contributed by atoms with van der Waals surface area (Å²) in [6, 6.07) is 12.1. The van der Waals surface area contributed by atoms with Crippen molar-refractivity contribution in [1.29, 1.82) is 0 Å². The third kappa shape index (κ3) is 2.42. The Labute approximate surface area is 133 Å². The molecule has 0 saturated carbocycles.